The SMILES string of the molecule is C=CCc1cc(OCc2ccccc2)cc(CC=C)c1OC(C(=O)OC)c1ccc(Cl)cc1. The van der Waals surface area contributed by atoms with Gasteiger partial charge < -0.3 is 14.2 Å². The Labute approximate surface area is 200 Å². The van der Waals surface area contributed by atoms with Crippen molar-refractivity contribution in [1.82, 2.24) is 0 Å². The first-order valence-electron chi connectivity index (χ1n) is 10.6. The number of ether oxygens (including phenoxy) is 3. The second-order valence-electron chi connectivity index (χ2n) is 7.40. The van der Waals surface area contributed by atoms with E-state index >= 15 is 0 Å². The minimum Gasteiger partial charge on any atom is -0.489 e. The topological polar surface area (TPSA) is 44.8 Å². The van der Waals surface area contributed by atoms with Crippen molar-refractivity contribution >= 4 is 17.6 Å². The molecule has 0 aliphatic heterocycles. The molecule has 0 saturated carbocycles. The summed E-state index contributed by atoms with van der Waals surface area (Å²) in [6.07, 6.45) is 3.70. The van der Waals surface area contributed by atoms with Crippen LogP contribution in [0.2, 0.25) is 5.02 Å². The molecule has 3 aromatic rings. The minimum atomic E-state index is -0.949. The zero-order chi connectivity index (χ0) is 23.6. The van der Waals surface area contributed by atoms with Gasteiger partial charge in [0.15, 0.2) is 0 Å². The third-order valence-corrected chi connectivity index (χ3v) is 5.27. The van der Waals surface area contributed by atoms with Crippen LogP contribution in [-0.2, 0) is 29.0 Å². The van der Waals surface area contributed by atoms with Gasteiger partial charge in [-0.15, -0.1) is 13.2 Å². The van der Waals surface area contributed by atoms with Crippen LogP contribution in [0.25, 0.3) is 0 Å². The zero-order valence-electron chi connectivity index (χ0n) is 18.6. The van der Waals surface area contributed by atoms with Gasteiger partial charge in [-0.25, -0.2) is 4.79 Å². The summed E-state index contributed by atoms with van der Waals surface area (Å²) < 4.78 is 17.4. The number of carbonyl (C=O) groups is 1. The molecule has 0 aromatic heterocycles. The number of allylic oxidation sites excluding steroid dienone is 2. The van der Waals surface area contributed by atoms with Crippen molar-refractivity contribution in [2.45, 2.75) is 25.6 Å². The molecular formula is C28H27ClO4. The van der Waals surface area contributed by atoms with Crippen molar-refractivity contribution in [2.24, 2.45) is 0 Å². The quantitative estimate of drug-likeness (QED) is 0.236. The van der Waals surface area contributed by atoms with Crippen LogP contribution in [0, 0.1) is 0 Å². The van der Waals surface area contributed by atoms with Gasteiger partial charge in [0.1, 0.15) is 18.1 Å². The first-order chi connectivity index (χ1) is 16.0. The number of halogens is 1. The molecule has 0 saturated heterocycles. The monoisotopic (exact) mass is 462 g/mol. The van der Waals surface area contributed by atoms with Gasteiger partial charge in [0.25, 0.3) is 0 Å². The summed E-state index contributed by atoms with van der Waals surface area (Å²) in [5.41, 5.74) is 3.43. The van der Waals surface area contributed by atoms with Gasteiger partial charge in [0, 0.05) is 21.7 Å². The Morgan fingerprint density at radius 2 is 1.58 bits per heavy atom. The molecule has 5 heteroatoms. The Kier molecular flexibility index (Phi) is 8.73. The van der Waals surface area contributed by atoms with Crippen molar-refractivity contribution in [1.29, 1.82) is 0 Å². The van der Waals surface area contributed by atoms with E-state index < -0.39 is 12.1 Å². The normalized spacial score (nSPS) is 11.3. The fourth-order valence-corrected chi connectivity index (χ4v) is 3.55. The molecule has 0 amide bonds. The zero-order valence-corrected chi connectivity index (χ0v) is 19.4. The van der Waals surface area contributed by atoms with E-state index in [9.17, 15) is 4.79 Å². The lowest BCUT2D eigenvalue weighted by atomic mass is 10.0. The lowest BCUT2D eigenvalue weighted by Gasteiger charge is -2.22. The van der Waals surface area contributed by atoms with Gasteiger partial charge in [0.2, 0.25) is 6.10 Å². The maximum atomic E-state index is 12.6. The standard InChI is InChI=1S/C28H27ClO4/c1-4-9-22-17-25(32-19-20-11-7-6-8-12-20)18-23(10-5-2)26(22)33-27(28(30)31-3)21-13-15-24(29)16-14-21/h4-8,11-18,27H,1-2,9-10,19H2,3H3. The average Bonchev–Trinajstić information content (AvgIpc) is 2.83. The molecule has 0 heterocycles. The maximum absolute atomic E-state index is 12.6. The summed E-state index contributed by atoms with van der Waals surface area (Å²) in [5, 5.41) is 0.571. The molecule has 170 valence electrons. The minimum absolute atomic E-state index is 0.442. The summed E-state index contributed by atoms with van der Waals surface area (Å²) in [7, 11) is 1.34. The van der Waals surface area contributed by atoms with Crippen LogP contribution in [0.5, 0.6) is 11.5 Å². The third-order valence-electron chi connectivity index (χ3n) is 5.02. The highest BCUT2D eigenvalue weighted by Crippen LogP contribution is 2.35. The number of carbonyl (C=O) groups excluding carboxylic acids is 1. The van der Waals surface area contributed by atoms with Crippen LogP contribution < -0.4 is 9.47 Å². The number of hydrogen-bond donors (Lipinski definition) is 0. The first-order valence-corrected chi connectivity index (χ1v) is 11.0. The van der Waals surface area contributed by atoms with E-state index in [1.165, 1.54) is 7.11 Å². The molecule has 1 atom stereocenters. The third kappa shape index (κ3) is 6.50. The Morgan fingerprint density at radius 3 is 2.12 bits per heavy atom. The fraction of sp³-hybridized carbons (Fsp3) is 0.179. The Morgan fingerprint density at radius 1 is 0.970 bits per heavy atom. The van der Waals surface area contributed by atoms with E-state index in [2.05, 4.69) is 13.2 Å². The number of methoxy groups -OCH3 is 1. The second-order valence-corrected chi connectivity index (χ2v) is 7.84. The average molecular weight is 463 g/mol. The largest absolute Gasteiger partial charge is 0.489 e. The summed E-state index contributed by atoms with van der Waals surface area (Å²) in [6, 6.07) is 20.7. The molecule has 0 aliphatic rings. The van der Waals surface area contributed by atoms with Gasteiger partial charge in [-0.05, 0) is 42.7 Å². The Balaban J connectivity index is 1.98. The lowest BCUT2D eigenvalue weighted by molar-refractivity contribution is -0.149. The Hall–Kier alpha value is -3.50. The highest BCUT2D eigenvalue weighted by molar-refractivity contribution is 6.30. The van der Waals surface area contributed by atoms with Gasteiger partial charge in [-0.1, -0.05) is 66.2 Å². The van der Waals surface area contributed by atoms with E-state index in [1.807, 2.05) is 42.5 Å². The van der Waals surface area contributed by atoms with Crippen molar-refractivity contribution in [2.75, 3.05) is 7.11 Å². The number of benzene rings is 3. The van der Waals surface area contributed by atoms with E-state index in [-0.39, 0.29) is 0 Å². The lowest BCUT2D eigenvalue weighted by Crippen LogP contribution is -2.21. The smallest absolute Gasteiger partial charge is 0.351 e. The summed E-state index contributed by atoms with van der Waals surface area (Å²) in [5.74, 6) is 0.795. The van der Waals surface area contributed by atoms with Gasteiger partial charge in [0.05, 0.1) is 7.11 Å². The fourth-order valence-electron chi connectivity index (χ4n) is 3.43. The van der Waals surface area contributed by atoms with Gasteiger partial charge in [-0.2, -0.15) is 0 Å². The van der Waals surface area contributed by atoms with Crippen LogP contribution in [0.15, 0.2) is 92.0 Å². The first kappa shape index (κ1) is 24.1. The van der Waals surface area contributed by atoms with Crippen LogP contribution >= 0.6 is 11.6 Å². The van der Waals surface area contributed by atoms with Crippen LogP contribution in [-0.4, -0.2) is 13.1 Å². The van der Waals surface area contributed by atoms with Crippen LogP contribution in [0.3, 0.4) is 0 Å². The molecule has 33 heavy (non-hydrogen) atoms. The summed E-state index contributed by atoms with van der Waals surface area (Å²) in [4.78, 5) is 12.6. The second kappa shape index (κ2) is 11.9. The molecule has 0 aliphatic carbocycles. The molecule has 0 N–H and O–H groups in total. The summed E-state index contributed by atoms with van der Waals surface area (Å²) in [6.45, 7) is 8.19. The number of rotatable bonds is 11. The van der Waals surface area contributed by atoms with Crippen molar-refractivity contribution < 1.29 is 19.0 Å². The van der Waals surface area contributed by atoms with Gasteiger partial charge >= 0.3 is 5.97 Å². The molecule has 0 fully saturated rings. The highest BCUT2D eigenvalue weighted by atomic mass is 35.5. The van der Waals surface area contributed by atoms with E-state index in [0.29, 0.717) is 41.5 Å². The number of hydrogen-bond acceptors (Lipinski definition) is 4. The predicted molar refractivity (Wildman–Crippen MR) is 132 cm³/mol. The molecular weight excluding hydrogens is 436 g/mol. The molecule has 1 unspecified atom stereocenters. The number of esters is 1. The van der Waals surface area contributed by atoms with Crippen molar-refractivity contribution in [3.05, 3.63) is 119 Å². The van der Waals surface area contributed by atoms with E-state index in [1.54, 1.807) is 36.4 Å². The van der Waals surface area contributed by atoms with E-state index in [4.69, 9.17) is 25.8 Å². The molecule has 4 nitrogen and oxygen atoms in total. The van der Waals surface area contributed by atoms with Crippen molar-refractivity contribution in [3.63, 3.8) is 0 Å². The van der Waals surface area contributed by atoms with Crippen LogP contribution in [0.1, 0.15) is 28.4 Å². The predicted octanol–water partition coefficient (Wildman–Crippen LogP) is 6.67. The Bertz CT molecular complexity index is 1060. The van der Waals surface area contributed by atoms with Gasteiger partial charge in [-0.3, -0.25) is 0 Å². The summed E-state index contributed by atoms with van der Waals surface area (Å²) >= 11 is 6.02. The maximum Gasteiger partial charge on any atom is 0.351 e. The molecule has 0 spiro atoms. The molecule has 3 rings (SSSR count). The molecule has 3 aromatic carbocycles. The van der Waals surface area contributed by atoms with Crippen LogP contribution in [0.4, 0.5) is 0 Å². The van der Waals surface area contributed by atoms with Crippen molar-refractivity contribution in [3.8, 4) is 11.5 Å². The van der Waals surface area contributed by atoms with E-state index in [0.717, 1.165) is 16.7 Å². The molecule has 0 bridgehead atoms. The highest BCUT2D eigenvalue weighted by Gasteiger charge is 2.26. The molecule has 0 radical (unpaired) electrons.